The molecule has 0 bridgehead atoms. The van der Waals surface area contributed by atoms with Crippen molar-refractivity contribution in [2.45, 2.75) is 0 Å². The highest BCUT2D eigenvalue weighted by atomic mass is 15.2. The molecule has 0 spiro atoms. The van der Waals surface area contributed by atoms with Gasteiger partial charge in [-0.25, -0.2) is 9.97 Å². The van der Waals surface area contributed by atoms with Gasteiger partial charge in [-0.3, -0.25) is 0 Å². The molecular weight excluding hydrogens is 619 g/mol. The van der Waals surface area contributed by atoms with E-state index in [0.29, 0.717) is 0 Å². The highest BCUT2D eigenvalue weighted by Crippen LogP contribution is 2.54. The van der Waals surface area contributed by atoms with Crippen molar-refractivity contribution >= 4 is 71.2 Å². The lowest BCUT2D eigenvalue weighted by Crippen LogP contribution is -2.16. The van der Waals surface area contributed by atoms with Crippen LogP contribution in [0.4, 0.5) is 17.1 Å². The summed E-state index contributed by atoms with van der Waals surface area (Å²) < 4.78 is 0. The van der Waals surface area contributed by atoms with Gasteiger partial charge in [-0.15, -0.1) is 0 Å². The van der Waals surface area contributed by atoms with Gasteiger partial charge < -0.3 is 4.90 Å². The lowest BCUT2D eigenvalue weighted by molar-refractivity contribution is 1.28. The highest BCUT2D eigenvalue weighted by molar-refractivity contribution is 6.19. The van der Waals surface area contributed by atoms with Crippen LogP contribution in [0.15, 0.2) is 176 Å². The lowest BCUT2D eigenvalue weighted by atomic mass is 9.88. The van der Waals surface area contributed by atoms with E-state index < -0.39 is 0 Å². The van der Waals surface area contributed by atoms with Gasteiger partial charge in [0.25, 0.3) is 0 Å². The van der Waals surface area contributed by atoms with Crippen LogP contribution < -0.4 is 4.90 Å². The molecule has 0 atom stereocenters. The van der Waals surface area contributed by atoms with Crippen LogP contribution in [0.25, 0.3) is 87.8 Å². The Hall–Kier alpha value is -6.84. The van der Waals surface area contributed by atoms with Gasteiger partial charge in [0.1, 0.15) is 0 Å². The number of anilines is 3. The number of rotatable bonds is 3. The fraction of sp³-hybridized carbons (Fsp3) is 0. The summed E-state index contributed by atoms with van der Waals surface area (Å²) in [6, 6.07) is 63.3. The van der Waals surface area contributed by atoms with Gasteiger partial charge in [0, 0.05) is 33.2 Å². The van der Waals surface area contributed by atoms with Crippen LogP contribution in [0, 0.1) is 0 Å². The zero-order valence-electron chi connectivity index (χ0n) is 27.6. The number of fused-ring (bicyclic) bond motifs is 7. The van der Waals surface area contributed by atoms with Gasteiger partial charge in [0.05, 0.1) is 33.8 Å². The molecule has 0 N–H and O–H groups in total. The minimum atomic E-state index is 0.871. The van der Waals surface area contributed by atoms with Crippen LogP contribution in [0.3, 0.4) is 0 Å². The molecule has 0 unspecified atom stereocenters. The maximum atomic E-state index is 5.43. The third-order valence-electron chi connectivity index (χ3n) is 10.5. The summed E-state index contributed by atoms with van der Waals surface area (Å²) in [7, 11) is 0. The molecule has 3 nitrogen and oxygen atoms in total. The second kappa shape index (κ2) is 10.8. The first-order chi connectivity index (χ1) is 25.3. The summed E-state index contributed by atoms with van der Waals surface area (Å²) in [5.41, 5.74) is 11.5. The molecule has 1 aromatic heterocycles. The molecule has 236 valence electrons. The number of aromatic nitrogens is 2. The summed E-state index contributed by atoms with van der Waals surface area (Å²) in [4.78, 5) is 13.2. The molecule has 1 aliphatic heterocycles. The molecule has 51 heavy (non-hydrogen) atoms. The second-order valence-electron chi connectivity index (χ2n) is 13.4. The van der Waals surface area contributed by atoms with Gasteiger partial charge >= 0.3 is 0 Å². The summed E-state index contributed by atoms with van der Waals surface area (Å²) in [5.74, 6) is 0. The van der Waals surface area contributed by atoms with Gasteiger partial charge in [-0.05, 0) is 74.3 Å². The molecule has 1 aliphatic rings. The van der Waals surface area contributed by atoms with E-state index in [1.54, 1.807) is 0 Å². The predicted molar refractivity (Wildman–Crippen MR) is 214 cm³/mol. The van der Waals surface area contributed by atoms with E-state index in [4.69, 9.17) is 9.97 Å². The number of benzene rings is 9. The van der Waals surface area contributed by atoms with E-state index in [0.717, 1.165) is 50.0 Å². The van der Waals surface area contributed by atoms with Crippen molar-refractivity contribution in [3.63, 3.8) is 0 Å². The molecule has 0 saturated heterocycles. The van der Waals surface area contributed by atoms with Crippen molar-refractivity contribution in [2.75, 3.05) is 4.90 Å². The minimum absolute atomic E-state index is 0.871. The Morgan fingerprint density at radius 2 is 1.02 bits per heavy atom. The summed E-state index contributed by atoms with van der Waals surface area (Å²) >= 11 is 0. The van der Waals surface area contributed by atoms with E-state index in [9.17, 15) is 0 Å². The number of hydrogen-bond acceptors (Lipinski definition) is 3. The van der Waals surface area contributed by atoms with Crippen LogP contribution in [0.5, 0.6) is 0 Å². The van der Waals surface area contributed by atoms with Crippen LogP contribution in [-0.4, -0.2) is 9.97 Å². The first-order valence-electron chi connectivity index (χ1n) is 17.4. The fourth-order valence-electron chi connectivity index (χ4n) is 8.18. The smallest absolute Gasteiger partial charge is 0.0980 e. The third-order valence-corrected chi connectivity index (χ3v) is 10.5. The molecular formula is C48H29N3. The summed E-state index contributed by atoms with van der Waals surface area (Å²) in [6.07, 6.45) is 0. The minimum Gasteiger partial charge on any atom is -0.309 e. The van der Waals surface area contributed by atoms with E-state index in [1.807, 2.05) is 12.1 Å². The molecule has 0 amide bonds. The van der Waals surface area contributed by atoms with Crippen molar-refractivity contribution in [3.8, 4) is 33.6 Å². The Labute approximate surface area is 294 Å². The fourth-order valence-corrected chi connectivity index (χ4v) is 8.18. The van der Waals surface area contributed by atoms with Crippen LogP contribution >= 0.6 is 0 Å². The molecule has 0 fully saturated rings. The van der Waals surface area contributed by atoms with Gasteiger partial charge in [0.2, 0.25) is 0 Å². The zero-order valence-corrected chi connectivity index (χ0v) is 27.6. The Morgan fingerprint density at radius 1 is 0.373 bits per heavy atom. The Morgan fingerprint density at radius 3 is 1.86 bits per heavy atom. The maximum absolute atomic E-state index is 5.43. The average molecular weight is 648 g/mol. The van der Waals surface area contributed by atoms with Gasteiger partial charge in [-0.2, -0.15) is 0 Å². The molecule has 2 heterocycles. The predicted octanol–water partition coefficient (Wildman–Crippen LogP) is 13.0. The van der Waals surface area contributed by atoms with Gasteiger partial charge in [0.15, 0.2) is 0 Å². The Kier molecular flexibility index (Phi) is 5.96. The Bertz CT molecular complexity index is 3050. The van der Waals surface area contributed by atoms with Crippen molar-refractivity contribution in [3.05, 3.63) is 176 Å². The van der Waals surface area contributed by atoms with E-state index in [1.165, 1.54) is 54.8 Å². The van der Waals surface area contributed by atoms with Crippen LogP contribution in [0.2, 0.25) is 0 Å². The standard InChI is InChI=1S/C48H29N3/c1-2-13-33-27-35(24-23-30(33)11-1)46-47(50-43-21-8-7-20-42(43)49-46)41-29-36(28-34-14-4-5-17-37(34)41)51-44-22-10-16-32-15-9-19-39(45(32)44)40-26-25-31-12-3-6-18-38(31)48(40)51/h1-29H. The monoisotopic (exact) mass is 647 g/mol. The topological polar surface area (TPSA) is 29.0 Å². The summed E-state index contributed by atoms with van der Waals surface area (Å²) in [5, 5.41) is 9.60. The van der Waals surface area contributed by atoms with E-state index >= 15 is 0 Å². The third kappa shape index (κ3) is 4.25. The number of hydrogen-bond donors (Lipinski definition) is 0. The normalized spacial score (nSPS) is 12.3. The quantitative estimate of drug-likeness (QED) is 0.191. The lowest BCUT2D eigenvalue weighted by Gasteiger charge is -2.35. The molecule has 9 aromatic carbocycles. The molecule has 0 radical (unpaired) electrons. The molecule has 0 aliphatic carbocycles. The largest absolute Gasteiger partial charge is 0.309 e. The van der Waals surface area contributed by atoms with Crippen molar-refractivity contribution in [1.29, 1.82) is 0 Å². The molecule has 11 rings (SSSR count). The number of para-hydroxylation sites is 2. The van der Waals surface area contributed by atoms with E-state index in [2.05, 4.69) is 169 Å². The van der Waals surface area contributed by atoms with Crippen LogP contribution in [0.1, 0.15) is 0 Å². The summed E-state index contributed by atoms with van der Waals surface area (Å²) in [6.45, 7) is 0. The average Bonchev–Trinajstić information content (AvgIpc) is 3.20. The van der Waals surface area contributed by atoms with E-state index in [-0.39, 0.29) is 0 Å². The van der Waals surface area contributed by atoms with Gasteiger partial charge in [-0.1, -0.05) is 140 Å². The Balaban J connectivity index is 1.25. The molecule has 0 saturated carbocycles. The number of nitrogens with zero attached hydrogens (tertiary/aromatic N) is 3. The molecule has 3 heteroatoms. The first-order valence-corrected chi connectivity index (χ1v) is 17.4. The SMILES string of the molecule is c1ccc2cc(-c3nc4ccccc4nc3-c3cc(N4c5c(ccc6ccccc56)-c5cccc6cccc4c56)cc4ccccc34)ccc2c1. The van der Waals surface area contributed by atoms with Crippen molar-refractivity contribution < 1.29 is 0 Å². The molecule has 10 aromatic rings. The van der Waals surface area contributed by atoms with Crippen molar-refractivity contribution in [1.82, 2.24) is 9.97 Å². The maximum Gasteiger partial charge on any atom is 0.0980 e. The zero-order chi connectivity index (χ0) is 33.5. The van der Waals surface area contributed by atoms with Crippen molar-refractivity contribution in [2.24, 2.45) is 0 Å². The van der Waals surface area contributed by atoms with Crippen LogP contribution in [-0.2, 0) is 0 Å². The second-order valence-corrected chi connectivity index (χ2v) is 13.4. The first kappa shape index (κ1) is 28.0. The highest BCUT2D eigenvalue weighted by Gasteiger charge is 2.29.